The fraction of sp³-hybridized carbons (Fsp3) is 0.174. The summed E-state index contributed by atoms with van der Waals surface area (Å²) in [6.07, 6.45) is 3.52. The lowest BCUT2D eigenvalue weighted by molar-refractivity contribution is 0.536. The van der Waals surface area contributed by atoms with E-state index < -0.39 is 11.1 Å². The van der Waals surface area contributed by atoms with Crippen molar-refractivity contribution in [2.24, 2.45) is 0 Å². The van der Waals surface area contributed by atoms with Crippen LogP contribution in [0.4, 0.5) is 5.69 Å². The van der Waals surface area contributed by atoms with Crippen molar-refractivity contribution in [2.45, 2.75) is 25.6 Å². The molecule has 0 aliphatic carbocycles. The van der Waals surface area contributed by atoms with E-state index in [0.29, 0.717) is 0 Å². The highest BCUT2D eigenvalue weighted by atomic mass is 32.2. The summed E-state index contributed by atoms with van der Waals surface area (Å²) in [6.45, 7) is 4.17. The molecular formula is C23H21N4O2S-. The van der Waals surface area contributed by atoms with Crippen LogP contribution in [0.2, 0.25) is 0 Å². The molecule has 4 rings (SSSR count). The Labute approximate surface area is 177 Å². The molecule has 2 heterocycles. The van der Waals surface area contributed by atoms with Crippen LogP contribution in [0.25, 0.3) is 33.3 Å². The Morgan fingerprint density at radius 1 is 1.00 bits per heavy atom. The highest BCUT2D eigenvalue weighted by Crippen LogP contribution is 2.34. The molecular weight excluding hydrogens is 396 g/mol. The lowest BCUT2D eigenvalue weighted by Gasteiger charge is -2.16. The molecule has 0 amide bonds. The number of hydrogen-bond donors (Lipinski definition) is 1. The van der Waals surface area contributed by atoms with Crippen LogP contribution in [0, 0.1) is 0 Å². The van der Waals surface area contributed by atoms with E-state index >= 15 is 0 Å². The van der Waals surface area contributed by atoms with Gasteiger partial charge in [0.2, 0.25) is 0 Å². The van der Waals surface area contributed by atoms with Gasteiger partial charge in [-0.15, -0.1) is 10.2 Å². The molecule has 2 aromatic heterocycles. The monoisotopic (exact) mass is 417 g/mol. The lowest BCUT2D eigenvalue weighted by Crippen LogP contribution is -2.12. The number of pyridine rings is 1. The van der Waals surface area contributed by atoms with Crippen molar-refractivity contribution in [2.75, 3.05) is 5.32 Å². The average Bonchev–Trinajstić information content (AvgIpc) is 2.74. The van der Waals surface area contributed by atoms with Crippen LogP contribution in [0.5, 0.6) is 0 Å². The fourth-order valence-corrected chi connectivity index (χ4v) is 3.82. The summed E-state index contributed by atoms with van der Waals surface area (Å²) in [5, 5.41) is 13.5. The molecule has 0 saturated carbocycles. The van der Waals surface area contributed by atoms with Gasteiger partial charge in [-0.1, -0.05) is 41.4 Å². The van der Waals surface area contributed by atoms with Crippen LogP contribution >= 0.6 is 0 Å². The molecule has 1 unspecified atom stereocenters. The number of nitrogens with zero attached hydrogens (tertiary/aromatic N) is 3. The maximum absolute atomic E-state index is 10.9. The fourth-order valence-electron chi connectivity index (χ4n) is 3.36. The minimum Gasteiger partial charge on any atom is -0.772 e. The predicted molar refractivity (Wildman–Crippen MR) is 120 cm³/mol. The smallest absolute Gasteiger partial charge is 0.118 e. The third-order valence-corrected chi connectivity index (χ3v) is 5.27. The predicted octanol–water partition coefficient (Wildman–Crippen LogP) is 4.56. The molecule has 0 fully saturated rings. The van der Waals surface area contributed by atoms with E-state index in [0.717, 1.165) is 44.5 Å². The first-order valence-corrected chi connectivity index (χ1v) is 10.9. The summed E-state index contributed by atoms with van der Waals surface area (Å²) in [7, 11) is 0. The van der Waals surface area contributed by atoms with Crippen LogP contribution in [0.1, 0.15) is 19.4 Å². The van der Waals surface area contributed by atoms with Gasteiger partial charge >= 0.3 is 0 Å². The average molecular weight is 418 g/mol. The van der Waals surface area contributed by atoms with E-state index in [1.165, 1.54) is 0 Å². The summed E-state index contributed by atoms with van der Waals surface area (Å²) in [5.41, 5.74) is 6.15. The van der Waals surface area contributed by atoms with Gasteiger partial charge in [-0.05, 0) is 54.8 Å². The largest absolute Gasteiger partial charge is 0.772 e. The molecule has 0 saturated heterocycles. The number of nitrogens with one attached hydrogen (secondary N) is 1. The second-order valence-electron chi connectivity index (χ2n) is 7.34. The van der Waals surface area contributed by atoms with Crippen LogP contribution in [0.3, 0.4) is 0 Å². The molecule has 0 radical (unpaired) electrons. The van der Waals surface area contributed by atoms with E-state index in [2.05, 4.69) is 34.3 Å². The minimum absolute atomic E-state index is 0.0187. The van der Waals surface area contributed by atoms with E-state index in [1.807, 2.05) is 54.6 Å². The standard InChI is InChI=1S/C23H22N4O2S/c1-15(2)25-23-20-10-9-18(17-7-5-16(6-8-17)14-30(28)29)12-21(20)26-27-22(23)19-4-3-11-24-13-19/h3-13,15H,14H2,1-2H3,(H,25,26)(H,28,29)/p-1. The van der Waals surface area contributed by atoms with Crippen LogP contribution in [0.15, 0.2) is 67.0 Å². The van der Waals surface area contributed by atoms with Crippen molar-refractivity contribution >= 4 is 27.7 Å². The molecule has 0 aliphatic rings. The first-order chi connectivity index (χ1) is 14.5. The summed E-state index contributed by atoms with van der Waals surface area (Å²) < 4.78 is 21.8. The maximum Gasteiger partial charge on any atom is 0.118 e. The van der Waals surface area contributed by atoms with Crippen LogP contribution < -0.4 is 5.32 Å². The Morgan fingerprint density at radius 3 is 2.43 bits per heavy atom. The first kappa shape index (κ1) is 20.1. The van der Waals surface area contributed by atoms with Crippen molar-refractivity contribution in [1.29, 1.82) is 0 Å². The molecule has 30 heavy (non-hydrogen) atoms. The zero-order chi connectivity index (χ0) is 21.1. The Bertz CT molecular complexity index is 1200. The second-order valence-corrected chi connectivity index (χ2v) is 8.24. The topological polar surface area (TPSA) is 90.8 Å². The van der Waals surface area contributed by atoms with Gasteiger partial charge in [-0.3, -0.25) is 9.19 Å². The van der Waals surface area contributed by atoms with Crippen LogP contribution in [-0.2, 0) is 16.8 Å². The quantitative estimate of drug-likeness (QED) is 0.463. The normalized spacial score (nSPS) is 12.3. The molecule has 1 N–H and O–H groups in total. The summed E-state index contributed by atoms with van der Waals surface area (Å²) in [6, 6.07) is 17.7. The third kappa shape index (κ3) is 4.37. The van der Waals surface area contributed by atoms with Crippen molar-refractivity contribution < 1.29 is 8.76 Å². The van der Waals surface area contributed by atoms with E-state index in [-0.39, 0.29) is 11.8 Å². The number of anilines is 1. The first-order valence-electron chi connectivity index (χ1n) is 9.64. The number of rotatable bonds is 6. The number of benzene rings is 2. The Balaban J connectivity index is 1.77. The van der Waals surface area contributed by atoms with E-state index in [9.17, 15) is 8.76 Å². The van der Waals surface area contributed by atoms with Gasteiger partial charge in [0.1, 0.15) is 5.69 Å². The molecule has 0 bridgehead atoms. The van der Waals surface area contributed by atoms with Crippen molar-refractivity contribution in [3.8, 4) is 22.4 Å². The Morgan fingerprint density at radius 2 is 1.77 bits per heavy atom. The van der Waals surface area contributed by atoms with Gasteiger partial charge in [0.15, 0.2) is 0 Å². The van der Waals surface area contributed by atoms with Gasteiger partial charge < -0.3 is 9.87 Å². The Kier molecular flexibility index (Phi) is 5.83. The van der Waals surface area contributed by atoms with Crippen molar-refractivity contribution in [3.05, 3.63) is 72.6 Å². The maximum atomic E-state index is 10.9. The van der Waals surface area contributed by atoms with E-state index in [4.69, 9.17) is 0 Å². The van der Waals surface area contributed by atoms with E-state index in [1.54, 1.807) is 12.4 Å². The van der Waals surface area contributed by atoms with Gasteiger partial charge in [0.25, 0.3) is 0 Å². The molecule has 0 spiro atoms. The molecule has 1 atom stereocenters. The summed E-state index contributed by atoms with van der Waals surface area (Å²) >= 11 is -2.09. The number of aromatic nitrogens is 3. The zero-order valence-electron chi connectivity index (χ0n) is 16.7. The Hall–Kier alpha value is -3.16. The second kappa shape index (κ2) is 8.69. The molecule has 7 heteroatoms. The van der Waals surface area contributed by atoms with Crippen LogP contribution in [-0.4, -0.2) is 30.0 Å². The van der Waals surface area contributed by atoms with Crippen molar-refractivity contribution in [1.82, 2.24) is 15.2 Å². The van der Waals surface area contributed by atoms with Gasteiger partial charge in [-0.2, -0.15) is 0 Å². The molecule has 4 aromatic rings. The van der Waals surface area contributed by atoms with Crippen molar-refractivity contribution in [3.63, 3.8) is 0 Å². The molecule has 152 valence electrons. The van der Waals surface area contributed by atoms with Gasteiger partial charge in [0.05, 0.1) is 11.2 Å². The minimum atomic E-state index is -2.09. The molecule has 2 aromatic carbocycles. The summed E-state index contributed by atoms with van der Waals surface area (Å²) in [4.78, 5) is 4.21. The van der Waals surface area contributed by atoms with Gasteiger partial charge in [0, 0.05) is 35.1 Å². The molecule has 6 nitrogen and oxygen atoms in total. The SMILES string of the molecule is CC(C)Nc1c(-c2cccnc2)nnc2cc(-c3ccc(CS(=O)[O-])cc3)ccc12. The zero-order valence-corrected chi connectivity index (χ0v) is 17.5. The third-order valence-electron chi connectivity index (χ3n) is 4.70. The molecule has 0 aliphatic heterocycles. The summed E-state index contributed by atoms with van der Waals surface area (Å²) in [5.74, 6) is 0.0187. The highest BCUT2D eigenvalue weighted by molar-refractivity contribution is 7.78. The highest BCUT2D eigenvalue weighted by Gasteiger charge is 2.14. The number of hydrogen-bond acceptors (Lipinski definition) is 6. The number of fused-ring (bicyclic) bond motifs is 1. The lowest BCUT2D eigenvalue weighted by atomic mass is 10.0. The van der Waals surface area contributed by atoms with Gasteiger partial charge in [-0.25, -0.2) is 0 Å².